The standard InChI is InChI=1S/C21H41NO4S/c1-3-4-5-6-7-8-9-10-11-12-13-14-15-16-17-18-21(23)22(2)19-20-27(24,25)26/h17-18H,3-16,19-20H2,1-2H3,(H,24,25,26)/b18-17+. The van der Waals surface area contributed by atoms with Gasteiger partial charge in [0.05, 0.1) is 5.75 Å². The third kappa shape index (κ3) is 19.7. The van der Waals surface area contributed by atoms with Crippen molar-refractivity contribution in [3.05, 3.63) is 12.2 Å². The van der Waals surface area contributed by atoms with Crippen molar-refractivity contribution < 1.29 is 17.8 Å². The molecule has 0 rings (SSSR count). The second-order valence-electron chi connectivity index (χ2n) is 7.48. The Kier molecular flexibility index (Phi) is 16.7. The molecule has 1 amide bonds. The van der Waals surface area contributed by atoms with Crippen LogP contribution in [0.3, 0.4) is 0 Å². The van der Waals surface area contributed by atoms with Crippen molar-refractivity contribution in [1.82, 2.24) is 4.90 Å². The minimum absolute atomic E-state index is 0.000741. The van der Waals surface area contributed by atoms with Gasteiger partial charge in [-0.3, -0.25) is 9.35 Å². The lowest BCUT2D eigenvalue weighted by Crippen LogP contribution is -2.30. The Bertz CT molecular complexity index is 488. The first kappa shape index (κ1) is 26.1. The van der Waals surface area contributed by atoms with Gasteiger partial charge in [-0.05, 0) is 18.9 Å². The summed E-state index contributed by atoms with van der Waals surface area (Å²) in [7, 11) is -2.49. The van der Waals surface area contributed by atoms with Crippen LogP contribution in [-0.4, -0.2) is 43.1 Å². The SMILES string of the molecule is CCCCCCCCCCCCCCC/C=C/C(=O)N(C)CCS(=O)(=O)O. The molecule has 0 atom stereocenters. The van der Waals surface area contributed by atoms with E-state index in [9.17, 15) is 13.2 Å². The quantitative estimate of drug-likeness (QED) is 0.190. The summed E-state index contributed by atoms with van der Waals surface area (Å²) in [5.41, 5.74) is 0. The van der Waals surface area contributed by atoms with Crippen molar-refractivity contribution >= 4 is 16.0 Å². The Balaban J connectivity index is 3.43. The predicted molar refractivity (Wildman–Crippen MR) is 114 cm³/mol. The van der Waals surface area contributed by atoms with Crippen molar-refractivity contribution in [2.24, 2.45) is 0 Å². The molecule has 160 valence electrons. The highest BCUT2D eigenvalue weighted by atomic mass is 32.2. The Hall–Kier alpha value is -0.880. The monoisotopic (exact) mass is 403 g/mol. The lowest BCUT2D eigenvalue weighted by molar-refractivity contribution is -0.124. The summed E-state index contributed by atoms with van der Waals surface area (Å²) in [6.45, 7) is 2.26. The van der Waals surface area contributed by atoms with Crippen molar-refractivity contribution in [3.63, 3.8) is 0 Å². The molecule has 0 aromatic carbocycles. The molecule has 0 aliphatic heterocycles. The smallest absolute Gasteiger partial charge is 0.266 e. The molecular formula is C21H41NO4S. The number of hydrogen-bond donors (Lipinski definition) is 1. The molecule has 0 aromatic heterocycles. The van der Waals surface area contributed by atoms with Gasteiger partial charge >= 0.3 is 0 Å². The first-order valence-corrected chi connectivity index (χ1v) is 12.3. The first-order chi connectivity index (χ1) is 12.9. The molecule has 0 aliphatic rings. The fourth-order valence-electron chi connectivity index (χ4n) is 2.95. The molecule has 0 saturated heterocycles. The predicted octanol–water partition coefficient (Wildman–Crippen LogP) is 5.37. The van der Waals surface area contributed by atoms with Crippen LogP contribution in [0.1, 0.15) is 96.8 Å². The van der Waals surface area contributed by atoms with Crippen molar-refractivity contribution in [2.45, 2.75) is 96.8 Å². The minimum Gasteiger partial charge on any atom is -0.341 e. The number of rotatable bonds is 18. The molecule has 0 aliphatic carbocycles. The maximum absolute atomic E-state index is 11.8. The van der Waals surface area contributed by atoms with Gasteiger partial charge in [0.15, 0.2) is 0 Å². The lowest BCUT2D eigenvalue weighted by atomic mass is 10.0. The van der Waals surface area contributed by atoms with E-state index in [1.807, 2.05) is 6.08 Å². The van der Waals surface area contributed by atoms with Crippen LogP contribution in [0, 0.1) is 0 Å². The van der Waals surface area contributed by atoms with Gasteiger partial charge in [0.1, 0.15) is 0 Å². The van der Waals surface area contributed by atoms with Gasteiger partial charge in [-0.2, -0.15) is 8.42 Å². The van der Waals surface area contributed by atoms with Gasteiger partial charge in [0.25, 0.3) is 10.1 Å². The first-order valence-electron chi connectivity index (χ1n) is 10.7. The number of hydrogen-bond acceptors (Lipinski definition) is 3. The van der Waals surface area contributed by atoms with Crippen LogP contribution in [0.4, 0.5) is 0 Å². The number of nitrogens with zero attached hydrogens (tertiary/aromatic N) is 1. The van der Waals surface area contributed by atoms with Gasteiger partial charge < -0.3 is 4.90 Å². The van der Waals surface area contributed by atoms with E-state index in [1.54, 1.807) is 0 Å². The second kappa shape index (κ2) is 17.2. The zero-order chi connectivity index (χ0) is 20.4. The topological polar surface area (TPSA) is 74.7 Å². The summed E-state index contributed by atoms with van der Waals surface area (Å²) in [6, 6.07) is 0. The fraction of sp³-hybridized carbons (Fsp3) is 0.857. The highest BCUT2D eigenvalue weighted by molar-refractivity contribution is 7.85. The highest BCUT2D eigenvalue weighted by Gasteiger charge is 2.10. The van der Waals surface area contributed by atoms with E-state index in [1.165, 1.54) is 95.1 Å². The molecule has 27 heavy (non-hydrogen) atoms. The van der Waals surface area contributed by atoms with Gasteiger partial charge in [-0.15, -0.1) is 0 Å². The molecule has 0 spiro atoms. The molecule has 5 nitrogen and oxygen atoms in total. The number of amides is 1. The zero-order valence-electron chi connectivity index (χ0n) is 17.5. The van der Waals surface area contributed by atoms with E-state index < -0.39 is 15.9 Å². The third-order valence-electron chi connectivity index (χ3n) is 4.80. The molecule has 0 radical (unpaired) electrons. The summed E-state index contributed by atoms with van der Waals surface area (Å²) in [4.78, 5) is 13.1. The van der Waals surface area contributed by atoms with Crippen LogP contribution in [0.15, 0.2) is 12.2 Å². The molecule has 0 saturated carbocycles. The number of carbonyl (C=O) groups excluding carboxylic acids is 1. The average Bonchev–Trinajstić information content (AvgIpc) is 2.62. The number of likely N-dealkylation sites (N-methyl/N-ethyl adjacent to an activating group) is 1. The van der Waals surface area contributed by atoms with E-state index in [2.05, 4.69) is 6.92 Å². The molecule has 0 heterocycles. The number of unbranched alkanes of at least 4 members (excludes halogenated alkanes) is 13. The van der Waals surface area contributed by atoms with Crippen molar-refractivity contribution in [3.8, 4) is 0 Å². The van der Waals surface area contributed by atoms with E-state index >= 15 is 0 Å². The van der Waals surface area contributed by atoms with Crippen LogP contribution in [-0.2, 0) is 14.9 Å². The van der Waals surface area contributed by atoms with E-state index in [-0.39, 0.29) is 12.5 Å². The van der Waals surface area contributed by atoms with Crippen LogP contribution in [0.2, 0.25) is 0 Å². The summed E-state index contributed by atoms with van der Waals surface area (Å²) < 4.78 is 30.0. The maximum atomic E-state index is 11.8. The van der Waals surface area contributed by atoms with Gasteiger partial charge in [-0.25, -0.2) is 0 Å². The second-order valence-corrected chi connectivity index (χ2v) is 9.05. The fourth-order valence-corrected chi connectivity index (χ4v) is 3.46. The lowest BCUT2D eigenvalue weighted by Gasteiger charge is -2.13. The van der Waals surface area contributed by atoms with Crippen LogP contribution in [0.25, 0.3) is 0 Å². The Morgan fingerprint density at radius 3 is 1.74 bits per heavy atom. The number of carbonyl (C=O) groups is 1. The summed E-state index contributed by atoms with van der Waals surface area (Å²) in [5, 5.41) is 0. The summed E-state index contributed by atoms with van der Waals surface area (Å²) in [5.74, 6) is -0.657. The van der Waals surface area contributed by atoms with Gasteiger partial charge in [0.2, 0.25) is 5.91 Å². The Labute approximate surface area is 167 Å². The molecule has 0 fully saturated rings. The normalized spacial score (nSPS) is 12.0. The van der Waals surface area contributed by atoms with Crippen molar-refractivity contribution in [2.75, 3.05) is 19.3 Å². The van der Waals surface area contributed by atoms with Crippen molar-refractivity contribution in [1.29, 1.82) is 0 Å². The molecule has 0 aromatic rings. The van der Waals surface area contributed by atoms with Crippen LogP contribution < -0.4 is 0 Å². The minimum atomic E-state index is -4.02. The largest absolute Gasteiger partial charge is 0.341 e. The Morgan fingerprint density at radius 2 is 1.30 bits per heavy atom. The summed E-state index contributed by atoms with van der Waals surface area (Å²) >= 11 is 0. The maximum Gasteiger partial charge on any atom is 0.266 e. The molecule has 6 heteroatoms. The van der Waals surface area contributed by atoms with Crippen LogP contribution >= 0.6 is 0 Å². The molecule has 0 bridgehead atoms. The summed E-state index contributed by atoms with van der Waals surface area (Å²) in [6.07, 6.45) is 21.4. The van der Waals surface area contributed by atoms with Gasteiger partial charge in [-0.1, -0.05) is 90.0 Å². The Morgan fingerprint density at radius 1 is 0.852 bits per heavy atom. The molecule has 1 N–H and O–H groups in total. The average molecular weight is 404 g/mol. The van der Waals surface area contributed by atoms with E-state index in [0.717, 1.165) is 12.8 Å². The van der Waals surface area contributed by atoms with E-state index in [4.69, 9.17) is 4.55 Å². The van der Waals surface area contributed by atoms with E-state index in [0.29, 0.717) is 0 Å². The zero-order valence-corrected chi connectivity index (χ0v) is 18.3. The highest BCUT2D eigenvalue weighted by Crippen LogP contribution is 2.13. The number of allylic oxidation sites excluding steroid dienone is 1. The third-order valence-corrected chi connectivity index (χ3v) is 5.49. The molecule has 0 unspecified atom stereocenters. The van der Waals surface area contributed by atoms with Crippen LogP contribution in [0.5, 0.6) is 0 Å². The molecular weight excluding hydrogens is 362 g/mol. The van der Waals surface area contributed by atoms with Gasteiger partial charge in [0, 0.05) is 13.6 Å².